The molecule has 2 unspecified atom stereocenters. The second kappa shape index (κ2) is 10.3. The van der Waals surface area contributed by atoms with E-state index in [1.807, 2.05) is 18.6 Å². The van der Waals surface area contributed by atoms with Crippen LogP contribution in [0, 0.1) is 0 Å². The predicted molar refractivity (Wildman–Crippen MR) is 92.2 cm³/mol. The highest BCUT2D eigenvalue weighted by Gasteiger charge is 2.17. The quantitative estimate of drug-likeness (QED) is 0.791. The first-order chi connectivity index (χ1) is 11.2. The zero-order valence-corrected chi connectivity index (χ0v) is 14.7. The minimum atomic E-state index is 0.111. The van der Waals surface area contributed by atoms with Crippen molar-refractivity contribution in [1.29, 1.82) is 0 Å². The molecule has 7 nitrogen and oxygen atoms in total. The van der Waals surface area contributed by atoms with E-state index in [-0.39, 0.29) is 12.3 Å². The smallest absolute Gasteiger partial charge is 0.0794 e. The van der Waals surface area contributed by atoms with Gasteiger partial charge in [-0.15, -0.1) is 11.3 Å². The van der Waals surface area contributed by atoms with Crippen LogP contribution in [0.1, 0.15) is 11.8 Å². The number of hydrogen-bond donors (Lipinski definition) is 2. The zero-order valence-electron chi connectivity index (χ0n) is 13.9. The van der Waals surface area contributed by atoms with E-state index in [0.29, 0.717) is 0 Å². The fraction of sp³-hybridized carbons (Fsp3) is 0.800. The highest BCUT2D eigenvalue weighted by Crippen LogP contribution is 2.10. The molecule has 2 fully saturated rings. The first-order valence-electron chi connectivity index (χ1n) is 8.19. The highest BCUT2D eigenvalue weighted by atomic mass is 32.1. The molecule has 3 heterocycles. The molecule has 2 saturated heterocycles. The number of thiazole rings is 1. The minimum Gasteiger partial charge on any atom is -0.379 e. The highest BCUT2D eigenvalue weighted by molar-refractivity contribution is 7.09. The van der Waals surface area contributed by atoms with Gasteiger partial charge in [-0.3, -0.25) is 14.8 Å². The third kappa shape index (κ3) is 6.80. The molecule has 0 aromatic carbocycles. The van der Waals surface area contributed by atoms with Crippen LogP contribution in [0.15, 0.2) is 11.7 Å². The molecule has 1 aromatic rings. The van der Waals surface area contributed by atoms with Gasteiger partial charge in [-0.1, -0.05) is 0 Å². The van der Waals surface area contributed by atoms with Crippen LogP contribution in [-0.2, 0) is 15.9 Å². The second-order valence-corrected chi connectivity index (χ2v) is 6.75. The first kappa shape index (κ1) is 18.7. The average Bonchev–Trinajstić information content (AvgIpc) is 3.10. The summed E-state index contributed by atoms with van der Waals surface area (Å²) >= 11 is 1.67. The van der Waals surface area contributed by atoms with E-state index in [4.69, 9.17) is 20.9 Å². The molecular weight excluding hydrogens is 314 g/mol. The van der Waals surface area contributed by atoms with Gasteiger partial charge >= 0.3 is 0 Å². The molecule has 8 heteroatoms. The van der Waals surface area contributed by atoms with Gasteiger partial charge in [-0.05, 0) is 6.92 Å². The molecular formula is C15H29N5O2S. The lowest BCUT2D eigenvalue weighted by Gasteiger charge is -2.31. The van der Waals surface area contributed by atoms with Crippen LogP contribution in [0.25, 0.3) is 0 Å². The molecule has 2 atom stereocenters. The SMILES string of the molecule is CC(N)N1CCOCC1.NC(Cc1cncs1)N1CCOCC1. The predicted octanol–water partition coefficient (Wildman–Crippen LogP) is -0.0741. The van der Waals surface area contributed by atoms with Crippen molar-refractivity contribution >= 4 is 11.3 Å². The van der Waals surface area contributed by atoms with Crippen molar-refractivity contribution in [2.45, 2.75) is 25.7 Å². The molecule has 2 aliphatic rings. The van der Waals surface area contributed by atoms with Crippen LogP contribution in [0.4, 0.5) is 0 Å². The summed E-state index contributed by atoms with van der Waals surface area (Å²) in [6, 6.07) is 0. The Kier molecular flexibility index (Phi) is 8.38. The molecule has 0 aliphatic carbocycles. The van der Waals surface area contributed by atoms with Crippen LogP contribution < -0.4 is 11.5 Å². The number of nitrogens with zero attached hydrogens (tertiary/aromatic N) is 3. The molecule has 0 bridgehead atoms. The van der Waals surface area contributed by atoms with E-state index in [9.17, 15) is 0 Å². The van der Waals surface area contributed by atoms with E-state index in [1.54, 1.807) is 11.3 Å². The Labute approximate surface area is 142 Å². The molecule has 0 radical (unpaired) electrons. The Morgan fingerprint density at radius 1 is 1.09 bits per heavy atom. The van der Waals surface area contributed by atoms with Crippen LogP contribution >= 0.6 is 11.3 Å². The number of aromatic nitrogens is 1. The Morgan fingerprint density at radius 2 is 1.65 bits per heavy atom. The number of hydrogen-bond acceptors (Lipinski definition) is 8. The van der Waals surface area contributed by atoms with Crippen LogP contribution in [-0.4, -0.2) is 79.7 Å². The van der Waals surface area contributed by atoms with E-state index >= 15 is 0 Å². The van der Waals surface area contributed by atoms with E-state index in [1.165, 1.54) is 4.88 Å². The van der Waals surface area contributed by atoms with Gasteiger partial charge in [0.15, 0.2) is 0 Å². The normalized spacial score (nSPS) is 22.9. The lowest BCUT2D eigenvalue weighted by molar-refractivity contribution is 0.0180. The summed E-state index contributed by atoms with van der Waals surface area (Å²) in [7, 11) is 0. The van der Waals surface area contributed by atoms with Gasteiger partial charge in [-0.2, -0.15) is 0 Å². The van der Waals surface area contributed by atoms with Crippen LogP contribution in [0.5, 0.6) is 0 Å². The summed E-state index contributed by atoms with van der Waals surface area (Å²) in [5.41, 5.74) is 13.6. The van der Waals surface area contributed by atoms with Gasteiger partial charge in [0.25, 0.3) is 0 Å². The van der Waals surface area contributed by atoms with E-state index in [2.05, 4.69) is 14.8 Å². The third-order valence-corrected chi connectivity index (χ3v) is 4.83. The van der Waals surface area contributed by atoms with Gasteiger partial charge in [0.05, 0.1) is 44.3 Å². The van der Waals surface area contributed by atoms with Gasteiger partial charge in [0.2, 0.25) is 0 Å². The Morgan fingerprint density at radius 3 is 2.09 bits per heavy atom. The van der Waals surface area contributed by atoms with Crippen molar-refractivity contribution in [1.82, 2.24) is 14.8 Å². The number of nitrogens with two attached hydrogens (primary N) is 2. The number of ether oxygens (including phenoxy) is 2. The lowest BCUT2D eigenvalue weighted by Crippen LogP contribution is -2.49. The molecule has 3 rings (SSSR count). The van der Waals surface area contributed by atoms with Gasteiger partial charge in [0, 0.05) is 43.7 Å². The molecule has 132 valence electrons. The van der Waals surface area contributed by atoms with E-state index < -0.39 is 0 Å². The Balaban J connectivity index is 0.000000185. The van der Waals surface area contributed by atoms with Crippen molar-refractivity contribution in [2.24, 2.45) is 11.5 Å². The summed E-state index contributed by atoms with van der Waals surface area (Å²) in [4.78, 5) is 9.77. The standard InChI is InChI=1S/C9H15N3OS.C6H14N2O/c10-9(5-8-6-11-7-14-8)12-1-3-13-4-2-12;1-6(7)8-2-4-9-5-3-8/h6-7,9H,1-5,10H2;6H,2-5,7H2,1H3. The summed E-state index contributed by atoms with van der Waals surface area (Å²) in [6.07, 6.45) is 3.09. The summed E-state index contributed by atoms with van der Waals surface area (Å²) in [5, 5.41) is 0. The van der Waals surface area contributed by atoms with Crippen molar-refractivity contribution < 1.29 is 9.47 Å². The van der Waals surface area contributed by atoms with Crippen molar-refractivity contribution in [3.05, 3.63) is 16.6 Å². The molecule has 4 N–H and O–H groups in total. The molecule has 1 aromatic heterocycles. The minimum absolute atomic E-state index is 0.111. The zero-order chi connectivity index (χ0) is 16.5. The summed E-state index contributed by atoms with van der Waals surface area (Å²) < 4.78 is 10.4. The Bertz CT molecular complexity index is 406. The monoisotopic (exact) mass is 343 g/mol. The first-order valence-corrected chi connectivity index (χ1v) is 9.07. The summed E-state index contributed by atoms with van der Waals surface area (Å²) in [6.45, 7) is 9.14. The van der Waals surface area contributed by atoms with Gasteiger partial charge < -0.3 is 20.9 Å². The molecule has 0 saturated carbocycles. The van der Waals surface area contributed by atoms with Crippen molar-refractivity contribution in [3.63, 3.8) is 0 Å². The van der Waals surface area contributed by atoms with Crippen LogP contribution in [0.2, 0.25) is 0 Å². The summed E-state index contributed by atoms with van der Waals surface area (Å²) in [5.74, 6) is 0. The molecule has 0 amide bonds. The maximum atomic E-state index is 6.09. The fourth-order valence-electron chi connectivity index (χ4n) is 2.57. The second-order valence-electron chi connectivity index (χ2n) is 5.78. The van der Waals surface area contributed by atoms with Crippen LogP contribution in [0.3, 0.4) is 0 Å². The molecule has 23 heavy (non-hydrogen) atoms. The third-order valence-electron chi connectivity index (χ3n) is 4.03. The lowest BCUT2D eigenvalue weighted by atomic mass is 10.2. The topological polar surface area (TPSA) is 89.9 Å². The maximum absolute atomic E-state index is 6.09. The largest absolute Gasteiger partial charge is 0.379 e. The Hall–Kier alpha value is -0.610. The van der Waals surface area contributed by atoms with E-state index in [0.717, 1.165) is 59.0 Å². The van der Waals surface area contributed by atoms with Crippen molar-refractivity contribution in [2.75, 3.05) is 52.6 Å². The fourth-order valence-corrected chi connectivity index (χ4v) is 3.22. The van der Waals surface area contributed by atoms with Gasteiger partial charge in [-0.25, -0.2) is 0 Å². The maximum Gasteiger partial charge on any atom is 0.0794 e. The molecule has 2 aliphatic heterocycles. The number of morpholine rings is 2. The van der Waals surface area contributed by atoms with Crippen molar-refractivity contribution in [3.8, 4) is 0 Å². The van der Waals surface area contributed by atoms with Gasteiger partial charge in [0.1, 0.15) is 0 Å². The molecule has 0 spiro atoms. The average molecular weight is 343 g/mol. The number of rotatable bonds is 4.